The Kier molecular flexibility index (Phi) is 8.38. The molecule has 2 nitrogen and oxygen atoms in total. The van der Waals surface area contributed by atoms with Crippen LogP contribution >= 0.6 is 0 Å². The van der Waals surface area contributed by atoms with Gasteiger partial charge in [-0.2, -0.15) is 0 Å². The summed E-state index contributed by atoms with van der Waals surface area (Å²) in [6.07, 6.45) is 3.66. The molecule has 0 heterocycles. The lowest BCUT2D eigenvalue weighted by molar-refractivity contribution is 0.00889. The monoisotopic (exact) mass is 231 g/mol. The van der Waals surface area contributed by atoms with Crippen molar-refractivity contribution in [1.82, 2.24) is 0 Å². The SMILES string of the molecule is CCCCCOCO[Si](CC)C(C)(C)C. The molecule has 0 aromatic carbocycles. The fourth-order valence-electron chi connectivity index (χ4n) is 1.47. The molecular weight excluding hydrogens is 204 g/mol. The maximum Gasteiger partial charge on any atom is 0.219 e. The average molecular weight is 231 g/mol. The Morgan fingerprint density at radius 1 is 1.07 bits per heavy atom. The molecule has 0 aliphatic rings. The van der Waals surface area contributed by atoms with Crippen LogP contribution in [-0.2, 0) is 9.16 Å². The molecule has 0 aromatic rings. The van der Waals surface area contributed by atoms with E-state index in [0.29, 0.717) is 11.8 Å². The van der Waals surface area contributed by atoms with Gasteiger partial charge in [0, 0.05) is 6.61 Å². The molecule has 0 aliphatic carbocycles. The van der Waals surface area contributed by atoms with Crippen LogP contribution in [0.15, 0.2) is 0 Å². The summed E-state index contributed by atoms with van der Waals surface area (Å²) in [5.74, 6) is 0. The Bertz CT molecular complexity index is 143. The van der Waals surface area contributed by atoms with E-state index >= 15 is 0 Å². The lowest BCUT2D eigenvalue weighted by Gasteiger charge is -2.26. The van der Waals surface area contributed by atoms with E-state index in [2.05, 4.69) is 34.6 Å². The summed E-state index contributed by atoms with van der Waals surface area (Å²) < 4.78 is 11.3. The quantitative estimate of drug-likeness (QED) is 0.357. The van der Waals surface area contributed by atoms with E-state index in [4.69, 9.17) is 9.16 Å². The van der Waals surface area contributed by atoms with Crippen molar-refractivity contribution in [2.24, 2.45) is 0 Å². The molecule has 0 saturated carbocycles. The standard InChI is InChI=1S/C12H27O2Si/c1-6-8-9-10-13-11-14-15(7-2)12(3,4)5/h6-11H2,1-5H3. The summed E-state index contributed by atoms with van der Waals surface area (Å²) in [5.41, 5.74) is 0. The lowest BCUT2D eigenvalue weighted by atomic mass is 10.2. The summed E-state index contributed by atoms with van der Waals surface area (Å²) in [7, 11) is -0.717. The third-order valence-electron chi connectivity index (χ3n) is 2.37. The maximum atomic E-state index is 5.82. The van der Waals surface area contributed by atoms with Crippen LogP contribution in [0.4, 0.5) is 0 Å². The average Bonchev–Trinajstić information content (AvgIpc) is 2.15. The van der Waals surface area contributed by atoms with Crippen molar-refractivity contribution in [3.63, 3.8) is 0 Å². The summed E-state index contributed by atoms with van der Waals surface area (Å²) in [5, 5.41) is 0.312. The van der Waals surface area contributed by atoms with Crippen LogP contribution in [0.3, 0.4) is 0 Å². The smallest absolute Gasteiger partial charge is 0.219 e. The molecule has 91 valence electrons. The van der Waals surface area contributed by atoms with Gasteiger partial charge < -0.3 is 9.16 Å². The van der Waals surface area contributed by atoms with Crippen LogP contribution in [0.25, 0.3) is 0 Å². The van der Waals surface area contributed by atoms with E-state index in [-0.39, 0.29) is 0 Å². The van der Waals surface area contributed by atoms with Gasteiger partial charge in [-0.1, -0.05) is 47.5 Å². The van der Waals surface area contributed by atoms with Crippen LogP contribution in [-0.4, -0.2) is 22.4 Å². The van der Waals surface area contributed by atoms with E-state index in [1.807, 2.05) is 0 Å². The molecular formula is C12H27O2Si. The summed E-state index contributed by atoms with van der Waals surface area (Å²) in [4.78, 5) is 0. The summed E-state index contributed by atoms with van der Waals surface area (Å²) >= 11 is 0. The van der Waals surface area contributed by atoms with Crippen molar-refractivity contribution >= 4 is 9.04 Å². The fraction of sp³-hybridized carbons (Fsp3) is 1.00. The predicted molar refractivity (Wildman–Crippen MR) is 67.4 cm³/mol. The molecule has 0 atom stereocenters. The highest BCUT2D eigenvalue weighted by atomic mass is 28.3. The molecule has 0 saturated heterocycles. The highest BCUT2D eigenvalue weighted by Gasteiger charge is 2.27. The first-order valence-corrected chi connectivity index (χ1v) is 7.70. The van der Waals surface area contributed by atoms with Crippen LogP contribution in [0.1, 0.15) is 53.9 Å². The largest absolute Gasteiger partial charge is 0.394 e. The molecule has 0 aromatic heterocycles. The maximum absolute atomic E-state index is 5.82. The summed E-state index contributed by atoms with van der Waals surface area (Å²) in [6.45, 7) is 12.5. The van der Waals surface area contributed by atoms with Crippen molar-refractivity contribution in [1.29, 1.82) is 0 Å². The van der Waals surface area contributed by atoms with E-state index in [9.17, 15) is 0 Å². The third-order valence-corrected chi connectivity index (χ3v) is 5.15. The van der Waals surface area contributed by atoms with Gasteiger partial charge in [-0.05, 0) is 17.5 Å². The highest BCUT2D eigenvalue weighted by molar-refractivity contribution is 6.55. The Labute approximate surface area is 97.1 Å². The molecule has 0 rings (SSSR count). The fourth-order valence-corrected chi connectivity index (χ4v) is 3.40. The molecule has 0 fully saturated rings. The van der Waals surface area contributed by atoms with Gasteiger partial charge in [0.1, 0.15) is 6.79 Å². The Morgan fingerprint density at radius 2 is 1.73 bits per heavy atom. The second-order valence-electron chi connectivity index (χ2n) is 4.90. The van der Waals surface area contributed by atoms with Crippen molar-refractivity contribution in [2.75, 3.05) is 13.4 Å². The second kappa shape index (κ2) is 8.31. The number of rotatable bonds is 8. The minimum Gasteiger partial charge on any atom is -0.394 e. The second-order valence-corrected chi connectivity index (χ2v) is 8.25. The van der Waals surface area contributed by atoms with E-state index in [0.717, 1.165) is 19.1 Å². The van der Waals surface area contributed by atoms with E-state index < -0.39 is 9.04 Å². The Hall–Kier alpha value is 0.137. The first-order valence-electron chi connectivity index (χ1n) is 6.09. The normalized spacial score (nSPS) is 12.4. The molecule has 0 spiro atoms. The van der Waals surface area contributed by atoms with Gasteiger partial charge in [-0.3, -0.25) is 0 Å². The van der Waals surface area contributed by atoms with Crippen molar-refractivity contribution < 1.29 is 9.16 Å². The van der Waals surface area contributed by atoms with Gasteiger partial charge in [0.15, 0.2) is 0 Å². The lowest BCUT2D eigenvalue weighted by Crippen LogP contribution is -2.29. The van der Waals surface area contributed by atoms with Crippen molar-refractivity contribution in [2.45, 2.75) is 65.0 Å². The third kappa shape index (κ3) is 8.00. The minimum atomic E-state index is -0.717. The van der Waals surface area contributed by atoms with E-state index in [1.165, 1.54) is 12.8 Å². The molecule has 1 radical (unpaired) electrons. The molecule has 15 heavy (non-hydrogen) atoms. The first kappa shape index (κ1) is 15.1. The van der Waals surface area contributed by atoms with Crippen LogP contribution in [0, 0.1) is 0 Å². The number of hydrogen-bond acceptors (Lipinski definition) is 2. The zero-order chi connectivity index (χ0) is 11.7. The van der Waals surface area contributed by atoms with Crippen LogP contribution in [0.2, 0.25) is 11.1 Å². The van der Waals surface area contributed by atoms with Crippen molar-refractivity contribution in [3.8, 4) is 0 Å². The van der Waals surface area contributed by atoms with Gasteiger partial charge in [0.2, 0.25) is 9.04 Å². The summed E-state index contributed by atoms with van der Waals surface area (Å²) in [6, 6.07) is 1.15. The first-order chi connectivity index (χ1) is 7.02. The van der Waals surface area contributed by atoms with Crippen molar-refractivity contribution in [3.05, 3.63) is 0 Å². The number of unbranched alkanes of at least 4 members (excludes halogenated alkanes) is 2. The highest BCUT2D eigenvalue weighted by Crippen LogP contribution is 2.29. The molecule has 3 heteroatoms. The number of hydrogen-bond donors (Lipinski definition) is 0. The van der Waals surface area contributed by atoms with E-state index in [1.54, 1.807) is 0 Å². The van der Waals surface area contributed by atoms with Gasteiger partial charge in [-0.25, -0.2) is 0 Å². The van der Waals surface area contributed by atoms with Crippen LogP contribution < -0.4 is 0 Å². The zero-order valence-electron chi connectivity index (χ0n) is 11.1. The number of ether oxygens (including phenoxy) is 1. The van der Waals surface area contributed by atoms with Gasteiger partial charge in [-0.15, -0.1) is 0 Å². The van der Waals surface area contributed by atoms with Gasteiger partial charge in [0.05, 0.1) is 0 Å². The molecule has 0 bridgehead atoms. The topological polar surface area (TPSA) is 18.5 Å². The minimum absolute atomic E-state index is 0.312. The Morgan fingerprint density at radius 3 is 2.20 bits per heavy atom. The molecule has 0 amide bonds. The van der Waals surface area contributed by atoms with Gasteiger partial charge in [0.25, 0.3) is 0 Å². The molecule has 0 N–H and O–H groups in total. The molecule has 0 unspecified atom stereocenters. The predicted octanol–water partition coefficient (Wildman–Crippen LogP) is 3.98. The molecule has 0 aliphatic heterocycles. The Balaban J connectivity index is 3.48. The zero-order valence-corrected chi connectivity index (χ0v) is 12.1. The van der Waals surface area contributed by atoms with Crippen LogP contribution in [0.5, 0.6) is 0 Å². The van der Waals surface area contributed by atoms with Gasteiger partial charge >= 0.3 is 0 Å².